The number of nitrogens with zero attached hydrogens (tertiary/aromatic N) is 2. The molecule has 1 aromatic carbocycles. The summed E-state index contributed by atoms with van der Waals surface area (Å²) < 4.78 is 11.2. The van der Waals surface area contributed by atoms with Crippen molar-refractivity contribution in [1.82, 2.24) is 15.0 Å². The fourth-order valence-corrected chi connectivity index (χ4v) is 3.36. The molecule has 0 aliphatic heterocycles. The Kier molecular flexibility index (Phi) is 5.46. The van der Waals surface area contributed by atoms with Crippen molar-refractivity contribution in [1.29, 1.82) is 0 Å². The standard InChI is InChI=1S/C22H21ClN4O3/c1-12(2)30-20-9-18-15(8-17(20)23)7-16(21(28)26-18)13(3)25-22-27-19(11-29-22)14-5-4-6-24-10-14/h4-13H,1-3H3,(H,25,27)(H,26,28)/t13-/m0/s1. The van der Waals surface area contributed by atoms with Crippen LogP contribution >= 0.6 is 11.6 Å². The Morgan fingerprint density at radius 2 is 2.07 bits per heavy atom. The first kappa shape index (κ1) is 20.0. The van der Waals surface area contributed by atoms with Gasteiger partial charge in [-0.15, -0.1) is 0 Å². The molecule has 4 rings (SSSR count). The molecule has 0 saturated heterocycles. The van der Waals surface area contributed by atoms with E-state index in [-0.39, 0.29) is 17.7 Å². The summed E-state index contributed by atoms with van der Waals surface area (Å²) in [6.07, 6.45) is 4.93. The van der Waals surface area contributed by atoms with E-state index in [1.54, 1.807) is 30.8 Å². The molecule has 0 spiro atoms. The number of hydrogen-bond acceptors (Lipinski definition) is 6. The zero-order chi connectivity index (χ0) is 21.3. The fraction of sp³-hybridized carbons (Fsp3) is 0.227. The Labute approximate surface area is 178 Å². The summed E-state index contributed by atoms with van der Waals surface area (Å²) in [6, 6.07) is 9.04. The van der Waals surface area contributed by atoms with Crippen molar-refractivity contribution >= 4 is 28.5 Å². The second-order valence-corrected chi connectivity index (χ2v) is 7.64. The quantitative estimate of drug-likeness (QED) is 0.442. The van der Waals surface area contributed by atoms with Gasteiger partial charge in [0, 0.05) is 35.0 Å². The van der Waals surface area contributed by atoms with Gasteiger partial charge in [0.15, 0.2) is 0 Å². The first-order valence-electron chi connectivity index (χ1n) is 9.56. The number of hydrogen-bond donors (Lipinski definition) is 2. The van der Waals surface area contributed by atoms with Crippen LogP contribution in [0.15, 0.2) is 58.2 Å². The summed E-state index contributed by atoms with van der Waals surface area (Å²) >= 11 is 6.35. The van der Waals surface area contributed by atoms with Crippen LogP contribution < -0.4 is 15.6 Å². The van der Waals surface area contributed by atoms with Crippen LogP contribution in [0.1, 0.15) is 32.4 Å². The van der Waals surface area contributed by atoms with E-state index in [0.29, 0.717) is 33.6 Å². The summed E-state index contributed by atoms with van der Waals surface area (Å²) in [5.74, 6) is 0.538. The topological polar surface area (TPSA) is 93.0 Å². The summed E-state index contributed by atoms with van der Waals surface area (Å²) in [6.45, 7) is 5.70. The van der Waals surface area contributed by atoms with Gasteiger partial charge < -0.3 is 19.5 Å². The minimum absolute atomic E-state index is 0.0208. The van der Waals surface area contributed by atoms with Crippen molar-refractivity contribution in [2.75, 3.05) is 5.32 Å². The van der Waals surface area contributed by atoms with Gasteiger partial charge in [0.1, 0.15) is 17.7 Å². The summed E-state index contributed by atoms with van der Waals surface area (Å²) in [7, 11) is 0. The van der Waals surface area contributed by atoms with E-state index in [1.165, 1.54) is 0 Å². The molecule has 0 amide bonds. The van der Waals surface area contributed by atoms with Crippen molar-refractivity contribution in [2.45, 2.75) is 32.9 Å². The maximum absolute atomic E-state index is 12.7. The highest BCUT2D eigenvalue weighted by atomic mass is 35.5. The number of benzene rings is 1. The van der Waals surface area contributed by atoms with Gasteiger partial charge >= 0.3 is 0 Å². The second-order valence-electron chi connectivity index (χ2n) is 7.24. The zero-order valence-electron chi connectivity index (χ0n) is 16.8. The average Bonchev–Trinajstić information content (AvgIpc) is 3.17. The number of anilines is 1. The third-order valence-electron chi connectivity index (χ3n) is 4.56. The van der Waals surface area contributed by atoms with Crippen molar-refractivity contribution in [2.24, 2.45) is 0 Å². The molecule has 8 heteroatoms. The molecule has 0 aliphatic rings. The number of halogens is 1. The fourth-order valence-electron chi connectivity index (χ4n) is 3.14. The van der Waals surface area contributed by atoms with Gasteiger partial charge in [-0.1, -0.05) is 11.6 Å². The number of aromatic amines is 1. The smallest absolute Gasteiger partial charge is 0.295 e. The minimum Gasteiger partial charge on any atom is -0.489 e. The molecule has 0 unspecified atom stereocenters. The average molecular weight is 425 g/mol. The van der Waals surface area contributed by atoms with Crippen molar-refractivity contribution in [3.05, 3.63) is 69.9 Å². The van der Waals surface area contributed by atoms with Crippen LogP contribution in [0, 0.1) is 0 Å². The maximum atomic E-state index is 12.7. The number of oxazole rings is 1. The Morgan fingerprint density at radius 1 is 1.23 bits per heavy atom. The molecule has 0 radical (unpaired) electrons. The predicted molar refractivity (Wildman–Crippen MR) is 117 cm³/mol. The summed E-state index contributed by atoms with van der Waals surface area (Å²) in [5.41, 5.74) is 2.50. The normalized spacial score (nSPS) is 12.3. The number of aromatic nitrogens is 3. The molecule has 154 valence electrons. The van der Waals surface area contributed by atoms with Crippen molar-refractivity contribution < 1.29 is 9.15 Å². The van der Waals surface area contributed by atoms with E-state index in [0.717, 1.165) is 10.9 Å². The van der Waals surface area contributed by atoms with Gasteiger partial charge in [-0.25, -0.2) is 0 Å². The lowest BCUT2D eigenvalue weighted by atomic mass is 10.1. The first-order valence-corrected chi connectivity index (χ1v) is 9.94. The Hall–Kier alpha value is -3.32. The molecule has 3 heterocycles. The largest absolute Gasteiger partial charge is 0.489 e. The zero-order valence-corrected chi connectivity index (χ0v) is 17.5. The monoisotopic (exact) mass is 424 g/mol. The van der Waals surface area contributed by atoms with Crippen molar-refractivity contribution in [3.8, 4) is 17.0 Å². The van der Waals surface area contributed by atoms with Gasteiger partial charge in [-0.2, -0.15) is 4.98 Å². The highest BCUT2D eigenvalue weighted by molar-refractivity contribution is 6.32. The summed E-state index contributed by atoms with van der Waals surface area (Å²) in [5, 5.41) is 4.43. The minimum atomic E-state index is -0.344. The Bertz CT molecular complexity index is 1230. The molecule has 0 saturated carbocycles. The van der Waals surface area contributed by atoms with Crippen LogP contribution in [0.5, 0.6) is 5.75 Å². The number of ether oxygens (including phenoxy) is 1. The molecule has 2 N–H and O–H groups in total. The Morgan fingerprint density at radius 3 is 2.80 bits per heavy atom. The predicted octanol–water partition coefficient (Wildman–Crippen LogP) is 5.19. The van der Waals surface area contributed by atoms with E-state index >= 15 is 0 Å². The molecular weight excluding hydrogens is 404 g/mol. The van der Waals surface area contributed by atoms with Gasteiger partial charge in [-0.3, -0.25) is 9.78 Å². The number of fused-ring (bicyclic) bond motifs is 1. The SMILES string of the molecule is CC(C)Oc1cc2[nH]c(=O)c([C@H](C)Nc3nc(-c4cccnc4)co3)cc2cc1Cl. The first-order chi connectivity index (χ1) is 14.4. The second kappa shape index (κ2) is 8.20. The van der Waals surface area contributed by atoms with Crippen LogP contribution in [0.2, 0.25) is 5.02 Å². The van der Waals surface area contributed by atoms with Crippen LogP contribution in [0.25, 0.3) is 22.2 Å². The van der Waals surface area contributed by atoms with E-state index in [4.69, 9.17) is 20.8 Å². The Balaban J connectivity index is 1.60. The molecule has 4 aromatic rings. The number of H-pyrrole nitrogens is 1. The number of rotatable bonds is 6. The van der Waals surface area contributed by atoms with Crippen molar-refractivity contribution in [3.63, 3.8) is 0 Å². The van der Waals surface area contributed by atoms with Crippen LogP contribution in [0.4, 0.5) is 6.01 Å². The highest BCUT2D eigenvalue weighted by Crippen LogP contribution is 2.31. The van der Waals surface area contributed by atoms with Gasteiger partial charge in [-0.05, 0) is 45.0 Å². The lowest BCUT2D eigenvalue weighted by Crippen LogP contribution is -2.19. The lowest BCUT2D eigenvalue weighted by Gasteiger charge is -2.15. The van der Waals surface area contributed by atoms with Crippen LogP contribution in [0.3, 0.4) is 0 Å². The lowest BCUT2D eigenvalue weighted by molar-refractivity contribution is 0.243. The van der Waals surface area contributed by atoms with Crippen LogP contribution in [-0.4, -0.2) is 21.1 Å². The summed E-state index contributed by atoms with van der Waals surface area (Å²) in [4.78, 5) is 24.1. The van der Waals surface area contributed by atoms with E-state index < -0.39 is 0 Å². The highest BCUT2D eigenvalue weighted by Gasteiger charge is 2.16. The third kappa shape index (κ3) is 4.16. The van der Waals surface area contributed by atoms with Gasteiger partial charge in [0.2, 0.25) is 0 Å². The molecule has 7 nitrogen and oxygen atoms in total. The number of pyridine rings is 2. The molecular formula is C22H21ClN4O3. The molecule has 0 aliphatic carbocycles. The van der Waals surface area contributed by atoms with E-state index in [2.05, 4.69) is 20.3 Å². The van der Waals surface area contributed by atoms with E-state index in [1.807, 2.05) is 39.0 Å². The molecule has 1 atom stereocenters. The third-order valence-corrected chi connectivity index (χ3v) is 4.85. The molecule has 30 heavy (non-hydrogen) atoms. The van der Waals surface area contributed by atoms with E-state index in [9.17, 15) is 4.79 Å². The molecule has 0 fully saturated rings. The van der Waals surface area contributed by atoms with Gasteiger partial charge in [0.25, 0.3) is 11.6 Å². The van der Waals surface area contributed by atoms with Gasteiger partial charge in [0.05, 0.1) is 22.7 Å². The van der Waals surface area contributed by atoms with Crippen LogP contribution in [-0.2, 0) is 0 Å². The molecule has 3 aromatic heterocycles. The number of nitrogens with one attached hydrogen (secondary N) is 2. The maximum Gasteiger partial charge on any atom is 0.295 e. The molecule has 0 bridgehead atoms.